The maximum atomic E-state index is 11.9. The highest BCUT2D eigenvalue weighted by molar-refractivity contribution is 5.90. The minimum absolute atomic E-state index is 0.106. The first-order valence-corrected chi connectivity index (χ1v) is 5.31. The van der Waals surface area contributed by atoms with Crippen LogP contribution in [0.5, 0.6) is 0 Å². The van der Waals surface area contributed by atoms with Crippen molar-refractivity contribution in [1.82, 2.24) is 0 Å². The van der Waals surface area contributed by atoms with Crippen molar-refractivity contribution in [3.63, 3.8) is 0 Å². The predicted octanol–water partition coefficient (Wildman–Crippen LogP) is 2.66. The summed E-state index contributed by atoms with van der Waals surface area (Å²) in [6, 6.07) is 11.5. The number of hydrogen-bond acceptors (Lipinski definition) is 2. The van der Waals surface area contributed by atoms with Crippen LogP contribution < -0.4 is 0 Å². The number of hydrogen-bond donors (Lipinski definition) is 0. The van der Waals surface area contributed by atoms with Gasteiger partial charge in [0.05, 0.1) is 6.07 Å². The van der Waals surface area contributed by atoms with Crippen LogP contribution in [-0.2, 0) is 4.79 Å². The van der Waals surface area contributed by atoms with Crippen molar-refractivity contribution in [3.8, 4) is 6.07 Å². The monoisotopic (exact) mass is 199 g/mol. The van der Waals surface area contributed by atoms with E-state index in [1.165, 1.54) is 0 Å². The lowest BCUT2D eigenvalue weighted by molar-refractivity contribution is -0.125. The first-order valence-electron chi connectivity index (χ1n) is 5.31. The Hall–Kier alpha value is -1.62. The smallest absolute Gasteiger partial charge is 0.157 e. The summed E-state index contributed by atoms with van der Waals surface area (Å²) in [5.74, 6) is -0.318. The highest BCUT2D eigenvalue weighted by Gasteiger charge is 2.31. The third-order valence-corrected chi connectivity index (χ3v) is 3.05. The van der Waals surface area contributed by atoms with E-state index in [9.17, 15) is 4.79 Å². The number of Topliss-reactive ketones (excluding diaryl/α,β-unsaturated/α-hetero) is 1. The minimum Gasteiger partial charge on any atom is -0.298 e. The Morgan fingerprint density at radius 3 is 2.47 bits per heavy atom. The van der Waals surface area contributed by atoms with Crippen LogP contribution in [0.1, 0.15) is 30.7 Å². The molecule has 0 bridgehead atoms. The lowest BCUT2D eigenvalue weighted by Crippen LogP contribution is -2.26. The van der Waals surface area contributed by atoms with E-state index in [-0.39, 0.29) is 11.7 Å². The van der Waals surface area contributed by atoms with Gasteiger partial charge < -0.3 is 0 Å². The Labute approximate surface area is 89.5 Å². The molecule has 0 aliphatic heterocycles. The normalized spacial score (nSPS) is 17.5. The molecule has 76 valence electrons. The molecule has 15 heavy (non-hydrogen) atoms. The molecule has 1 aliphatic carbocycles. The second-order valence-corrected chi connectivity index (χ2v) is 4.00. The van der Waals surface area contributed by atoms with E-state index in [0.717, 1.165) is 24.8 Å². The molecule has 0 radical (unpaired) electrons. The van der Waals surface area contributed by atoms with Crippen molar-refractivity contribution in [2.45, 2.75) is 25.2 Å². The molecular weight excluding hydrogens is 186 g/mol. The second kappa shape index (κ2) is 4.27. The highest BCUT2D eigenvalue weighted by Crippen LogP contribution is 2.32. The minimum atomic E-state index is -0.559. The molecule has 1 aromatic carbocycles. The molecule has 1 atom stereocenters. The van der Waals surface area contributed by atoms with Gasteiger partial charge in [0, 0.05) is 5.92 Å². The largest absolute Gasteiger partial charge is 0.298 e. The van der Waals surface area contributed by atoms with E-state index in [4.69, 9.17) is 5.26 Å². The molecule has 0 amide bonds. The number of rotatable bonds is 3. The standard InChI is InChI=1S/C13H13NO/c14-9-12(10-5-2-1-3-6-10)13(15)11-7-4-8-11/h1-3,5-6,11-12H,4,7-8H2. The molecule has 1 aromatic rings. The summed E-state index contributed by atoms with van der Waals surface area (Å²) in [6.07, 6.45) is 3.05. The fourth-order valence-corrected chi connectivity index (χ4v) is 1.88. The summed E-state index contributed by atoms with van der Waals surface area (Å²) < 4.78 is 0. The summed E-state index contributed by atoms with van der Waals surface area (Å²) in [6.45, 7) is 0. The zero-order valence-corrected chi connectivity index (χ0v) is 8.52. The average Bonchev–Trinajstić information content (AvgIpc) is 2.18. The lowest BCUT2D eigenvalue weighted by Gasteiger charge is -2.25. The first-order chi connectivity index (χ1) is 7.33. The number of ketones is 1. The zero-order chi connectivity index (χ0) is 10.7. The third-order valence-electron chi connectivity index (χ3n) is 3.05. The fourth-order valence-electron chi connectivity index (χ4n) is 1.88. The van der Waals surface area contributed by atoms with Gasteiger partial charge in [0.1, 0.15) is 5.92 Å². The van der Waals surface area contributed by atoms with E-state index in [2.05, 4.69) is 6.07 Å². The molecule has 2 heteroatoms. The Morgan fingerprint density at radius 1 is 1.33 bits per heavy atom. The van der Waals surface area contributed by atoms with Crippen molar-refractivity contribution in [1.29, 1.82) is 5.26 Å². The summed E-state index contributed by atoms with van der Waals surface area (Å²) >= 11 is 0. The van der Waals surface area contributed by atoms with E-state index < -0.39 is 5.92 Å². The summed E-state index contributed by atoms with van der Waals surface area (Å²) in [5, 5.41) is 9.05. The molecule has 2 rings (SSSR count). The molecule has 0 spiro atoms. The van der Waals surface area contributed by atoms with Gasteiger partial charge in [-0.3, -0.25) is 4.79 Å². The SMILES string of the molecule is N#CC(C(=O)C1CCC1)c1ccccc1. The van der Waals surface area contributed by atoms with E-state index >= 15 is 0 Å². The first kappa shape index (κ1) is 9.92. The quantitative estimate of drug-likeness (QED) is 0.750. The Bertz CT molecular complexity index is 387. The van der Waals surface area contributed by atoms with Gasteiger partial charge in [-0.1, -0.05) is 36.8 Å². The Balaban J connectivity index is 2.17. The van der Waals surface area contributed by atoms with Gasteiger partial charge in [-0.25, -0.2) is 0 Å². The van der Waals surface area contributed by atoms with Crippen LogP contribution in [0.3, 0.4) is 0 Å². The van der Waals surface area contributed by atoms with Crippen LogP contribution in [0, 0.1) is 17.2 Å². The molecule has 1 fully saturated rings. The highest BCUT2D eigenvalue weighted by atomic mass is 16.1. The topological polar surface area (TPSA) is 40.9 Å². The molecule has 1 unspecified atom stereocenters. The number of benzene rings is 1. The third kappa shape index (κ3) is 1.92. The molecule has 1 saturated carbocycles. The van der Waals surface area contributed by atoms with Crippen LogP contribution in [0.25, 0.3) is 0 Å². The number of carbonyl (C=O) groups is 1. The second-order valence-electron chi connectivity index (χ2n) is 4.00. The number of carbonyl (C=O) groups excluding carboxylic acids is 1. The summed E-state index contributed by atoms with van der Waals surface area (Å²) in [4.78, 5) is 11.9. The number of nitrogens with zero attached hydrogens (tertiary/aromatic N) is 1. The van der Waals surface area contributed by atoms with Crippen LogP contribution in [0.15, 0.2) is 30.3 Å². The van der Waals surface area contributed by atoms with Crippen LogP contribution in [0.2, 0.25) is 0 Å². The average molecular weight is 199 g/mol. The van der Waals surface area contributed by atoms with Gasteiger partial charge in [0.15, 0.2) is 5.78 Å². The zero-order valence-electron chi connectivity index (χ0n) is 8.52. The van der Waals surface area contributed by atoms with Crippen molar-refractivity contribution in [3.05, 3.63) is 35.9 Å². The molecular formula is C13H13NO. The van der Waals surface area contributed by atoms with Crippen molar-refractivity contribution in [2.24, 2.45) is 5.92 Å². The maximum Gasteiger partial charge on any atom is 0.157 e. The van der Waals surface area contributed by atoms with Crippen LogP contribution >= 0.6 is 0 Å². The van der Waals surface area contributed by atoms with E-state index in [1.54, 1.807) is 0 Å². The van der Waals surface area contributed by atoms with Crippen molar-refractivity contribution in [2.75, 3.05) is 0 Å². The van der Waals surface area contributed by atoms with Gasteiger partial charge in [0.2, 0.25) is 0 Å². The van der Waals surface area contributed by atoms with Gasteiger partial charge in [-0.05, 0) is 18.4 Å². The van der Waals surface area contributed by atoms with E-state index in [1.807, 2.05) is 30.3 Å². The Kier molecular flexibility index (Phi) is 2.82. The summed E-state index contributed by atoms with van der Waals surface area (Å²) in [7, 11) is 0. The molecule has 0 aromatic heterocycles. The lowest BCUT2D eigenvalue weighted by atomic mass is 9.76. The van der Waals surface area contributed by atoms with Gasteiger partial charge >= 0.3 is 0 Å². The molecule has 0 saturated heterocycles. The summed E-state index contributed by atoms with van der Waals surface area (Å²) in [5.41, 5.74) is 0.830. The molecule has 0 heterocycles. The Morgan fingerprint density at radius 2 is 2.00 bits per heavy atom. The van der Waals surface area contributed by atoms with Crippen molar-refractivity contribution >= 4 is 5.78 Å². The van der Waals surface area contributed by atoms with Gasteiger partial charge in [0.25, 0.3) is 0 Å². The van der Waals surface area contributed by atoms with Crippen LogP contribution in [0.4, 0.5) is 0 Å². The van der Waals surface area contributed by atoms with Crippen LogP contribution in [-0.4, -0.2) is 5.78 Å². The molecule has 2 nitrogen and oxygen atoms in total. The van der Waals surface area contributed by atoms with Crippen molar-refractivity contribution < 1.29 is 4.79 Å². The van der Waals surface area contributed by atoms with E-state index in [0.29, 0.717) is 0 Å². The number of nitriles is 1. The van der Waals surface area contributed by atoms with Gasteiger partial charge in [-0.15, -0.1) is 0 Å². The predicted molar refractivity (Wildman–Crippen MR) is 57.1 cm³/mol. The maximum absolute atomic E-state index is 11.9. The molecule has 1 aliphatic rings. The molecule has 0 N–H and O–H groups in total. The van der Waals surface area contributed by atoms with Gasteiger partial charge in [-0.2, -0.15) is 5.26 Å². The fraction of sp³-hybridized carbons (Fsp3) is 0.385.